The van der Waals surface area contributed by atoms with E-state index in [1.807, 2.05) is 6.26 Å². The highest BCUT2D eigenvalue weighted by atomic mass is 32.2. The molecule has 0 heterocycles. The third-order valence-corrected chi connectivity index (χ3v) is 6.40. The van der Waals surface area contributed by atoms with Crippen LogP contribution >= 0.6 is 11.8 Å². The lowest BCUT2D eigenvalue weighted by atomic mass is 10.0. The SMILES string of the molecule is CSCCC(NC(=O)C(CCCN=C(N)N)NC(=O)C(Cc1ccccc1)NC(=O)C(N)CCC(N)=O)C(=O)O. The maximum Gasteiger partial charge on any atom is 0.326 e. The molecule has 0 saturated heterocycles. The van der Waals surface area contributed by atoms with Gasteiger partial charge in [0, 0.05) is 19.4 Å². The third-order valence-electron chi connectivity index (χ3n) is 5.76. The number of hydrogen-bond donors (Lipinski definition) is 8. The van der Waals surface area contributed by atoms with Crippen LogP contribution in [0.3, 0.4) is 0 Å². The number of guanidine groups is 1. The summed E-state index contributed by atoms with van der Waals surface area (Å²) in [5.41, 5.74) is 22.4. The van der Waals surface area contributed by atoms with E-state index in [4.69, 9.17) is 22.9 Å². The molecule has 1 rings (SSSR count). The minimum absolute atomic E-state index is 0.0106. The van der Waals surface area contributed by atoms with Crippen molar-refractivity contribution in [2.45, 2.75) is 62.7 Å². The molecule has 15 heteroatoms. The van der Waals surface area contributed by atoms with Gasteiger partial charge in [0.1, 0.15) is 18.1 Å². The smallest absolute Gasteiger partial charge is 0.326 e. The zero-order chi connectivity index (χ0) is 30.1. The first-order valence-corrected chi connectivity index (χ1v) is 14.1. The van der Waals surface area contributed by atoms with E-state index in [1.165, 1.54) is 11.8 Å². The Balaban J connectivity index is 3.13. The van der Waals surface area contributed by atoms with Gasteiger partial charge in [0.2, 0.25) is 23.6 Å². The van der Waals surface area contributed by atoms with Gasteiger partial charge in [-0.1, -0.05) is 30.3 Å². The van der Waals surface area contributed by atoms with Crippen LogP contribution in [0.25, 0.3) is 0 Å². The Bertz CT molecular complexity index is 1020. The summed E-state index contributed by atoms with van der Waals surface area (Å²) < 4.78 is 0. The molecule has 0 bridgehead atoms. The van der Waals surface area contributed by atoms with Crippen molar-refractivity contribution in [2.24, 2.45) is 27.9 Å². The average Bonchev–Trinajstić information content (AvgIpc) is 2.90. The van der Waals surface area contributed by atoms with Crippen molar-refractivity contribution in [3.8, 4) is 0 Å². The van der Waals surface area contributed by atoms with Gasteiger partial charge in [0.05, 0.1) is 6.04 Å². The molecule has 0 fully saturated rings. The molecule has 222 valence electrons. The number of aliphatic imine (C=N–C) groups is 1. The number of benzene rings is 1. The van der Waals surface area contributed by atoms with Crippen molar-refractivity contribution >= 4 is 47.3 Å². The summed E-state index contributed by atoms with van der Waals surface area (Å²) in [6.07, 6.45) is 2.35. The molecule has 0 radical (unpaired) electrons. The van der Waals surface area contributed by atoms with E-state index in [-0.39, 0.29) is 44.6 Å². The molecule has 0 aliphatic heterocycles. The van der Waals surface area contributed by atoms with Crippen molar-refractivity contribution < 1.29 is 29.1 Å². The first kappa shape index (κ1) is 34.2. The summed E-state index contributed by atoms with van der Waals surface area (Å²) in [4.78, 5) is 65.9. The number of carboxylic acid groups (broad SMARTS) is 1. The molecule has 1 aromatic carbocycles. The Hall–Kier alpha value is -3.85. The van der Waals surface area contributed by atoms with Gasteiger partial charge >= 0.3 is 5.97 Å². The lowest BCUT2D eigenvalue weighted by Crippen LogP contribution is -2.57. The number of hydrogen-bond acceptors (Lipinski definition) is 8. The van der Waals surface area contributed by atoms with Gasteiger partial charge in [0.15, 0.2) is 5.96 Å². The second-order valence-electron chi connectivity index (χ2n) is 9.05. The number of nitrogens with one attached hydrogen (secondary N) is 3. The van der Waals surface area contributed by atoms with Crippen molar-refractivity contribution in [3.63, 3.8) is 0 Å². The lowest BCUT2D eigenvalue weighted by Gasteiger charge is -2.25. The minimum atomic E-state index is -1.20. The summed E-state index contributed by atoms with van der Waals surface area (Å²) in [5, 5.41) is 17.2. The number of rotatable bonds is 19. The highest BCUT2D eigenvalue weighted by Crippen LogP contribution is 2.08. The van der Waals surface area contributed by atoms with Gasteiger partial charge in [0.25, 0.3) is 0 Å². The normalized spacial score (nSPS) is 13.7. The zero-order valence-corrected chi connectivity index (χ0v) is 23.3. The number of nitrogens with zero attached hydrogens (tertiary/aromatic N) is 1. The maximum absolute atomic E-state index is 13.4. The Kier molecular flexibility index (Phi) is 15.8. The van der Waals surface area contributed by atoms with E-state index in [0.717, 1.165) is 5.56 Å². The highest BCUT2D eigenvalue weighted by Gasteiger charge is 2.30. The third kappa shape index (κ3) is 13.8. The van der Waals surface area contributed by atoms with Crippen LogP contribution in [0.4, 0.5) is 0 Å². The van der Waals surface area contributed by atoms with E-state index in [1.54, 1.807) is 30.3 Å². The zero-order valence-electron chi connectivity index (χ0n) is 22.5. The predicted octanol–water partition coefficient (Wildman–Crippen LogP) is -1.83. The second kappa shape index (κ2) is 18.4. The summed E-state index contributed by atoms with van der Waals surface area (Å²) in [7, 11) is 0. The van der Waals surface area contributed by atoms with Gasteiger partial charge in [-0.05, 0) is 43.3 Å². The van der Waals surface area contributed by atoms with Gasteiger partial charge in [-0.2, -0.15) is 11.8 Å². The van der Waals surface area contributed by atoms with Crippen molar-refractivity contribution in [3.05, 3.63) is 35.9 Å². The molecule has 0 aromatic heterocycles. The molecular weight excluding hydrogens is 540 g/mol. The van der Waals surface area contributed by atoms with E-state index < -0.39 is 53.8 Å². The molecule has 40 heavy (non-hydrogen) atoms. The summed E-state index contributed by atoms with van der Waals surface area (Å²) >= 11 is 1.43. The fraction of sp³-hybridized carbons (Fsp3) is 0.520. The molecule has 0 aliphatic carbocycles. The van der Waals surface area contributed by atoms with Crippen molar-refractivity contribution in [1.82, 2.24) is 16.0 Å². The summed E-state index contributed by atoms with van der Waals surface area (Å²) in [5.74, 6) is -3.51. The highest BCUT2D eigenvalue weighted by molar-refractivity contribution is 7.98. The monoisotopic (exact) mass is 580 g/mol. The minimum Gasteiger partial charge on any atom is -0.480 e. The Labute approximate surface area is 237 Å². The number of carboxylic acids is 1. The number of aliphatic carboxylic acids is 1. The molecule has 4 unspecified atom stereocenters. The molecule has 1 aromatic rings. The molecule has 0 saturated carbocycles. The first-order chi connectivity index (χ1) is 18.9. The molecule has 12 N–H and O–H groups in total. The molecule has 14 nitrogen and oxygen atoms in total. The van der Waals surface area contributed by atoms with Crippen molar-refractivity contribution in [2.75, 3.05) is 18.6 Å². The Morgan fingerprint density at radius 3 is 2.05 bits per heavy atom. The van der Waals surface area contributed by atoms with Crippen LogP contribution in [0.5, 0.6) is 0 Å². The van der Waals surface area contributed by atoms with E-state index in [0.29, 0.717) is 12.2 Å². The molecule has 0 aliphatic rings. The lowest BCUT2D eigenvalue weighted by molar-refractivity contribution is -0.142. The van der Waals surface area contributed by atoms with E-state index >= 15 is 0 Å². The Morgan fingerprint density at radius 2 is 1.48 bits per heavy atom. The van der Waals surface area contributed by atoms with Gasteiger partial charge in [-0.3, -0.25) is 24.2 Å². The number of nitrogens with two attached hydrogens (primary N) is 4. The van der Waals surface area contributed by atoms with Gasteiger partial charge < -0.3 is 44.0 Å². The van der Waals surface area contributed by atoms with Crippen LogP contribution in [0, 0.1) is 0 Å². The number of carbonyl (C=O) groups is 5. The fourth-order valence-electron chi connectivity index (χ4n) is 3.58. The van der Waals surface area contributed by atoms with Gasteiger partial charge in [-0.25, -0.2) is 4.79 Å². The molecule has 4 amide bonds. The standard InChI is InChI=1S/C25H40N8O6S/c1-40-13-11-18(24(38)39)32-22(36)17(8-5-12-30-25(28)29)31-23(37)19(14-15-6-3-2-4-7-15)33-21(35)16(26)9-10-20(27)34/h2-4,6-7,16-19H,5,8-14,26H2,1H3,(H2,27,34)(H,31,37)(H,32,36)(H,33,35)(H,38,39)(H4,28,29,30). The molecule has 0 spiro atoms. The summed E-state index contributed by atoms with van der Waals surface area (Å²) in [6, 6.07) is 4.35. The summed E-state index contributed by atoms with van der Waals surface area (Å²) in [6.45, 7) is 0.176. The largest absolute Gasteiger partial charge is 0.480 e. The molecular formula is C25H40N8O6S. The quantitative estimate of drug-likeness (QED) is 0.0515. The van der Waals surface area contributed by atoms with Crippen LogP contribution in [0.1, 0.15) is 37.7 Å². The predicted molar refractivity (Wildman–Crippen MR) is 153 cm³/mol. The van der Waals surface area contributed by atoms with Gasteiger partial charge in [-0.15, -0.1) is 0 Å². The Morgan fingerprint density at radius 1 is 0.875 bits per heavy atom. The number of amides is 4. The topological polar surface area (TPSA) is 258 Å². The van der Waals surface area contributed by atoms with Crippen LogP contribution in [-0.2, 0) is 30.4 Å². The van der Waals surface area contributed by atoms with Crippen LogP contribution in [0.15, 0.2) is 35.3 Å². The van der Waals surface area contributed by atoms with Crippen LogP contribution in [-0.4, -0.2) is 83.4 Å². The number of carbonyl (C=O) groups excluding carboxylic acids is 4. The fourth-order valence-corrected chi connectivity index (χ4v) is 4.05. The average molecular weight is 581 g/mol. The first-order valence-electron chi connectivity index (χ1n) is 12.7. The van der Waals surface area contributed by atoms with E-state index in [2.05, 4.69) is 20.9 Å². The van der Waals surface area contributed by atoms with Crippen LogP contribution in [0.2, 0.25) is 0 Å². The molecule has 4 atom stereocenters. The second-order valence-corrected chi connectivity index (χ2v) is 10.0. The number of thioether (sulfide) groups is 1. The van der Waals surface area contributed by atoms with E-state index in [9.17, 15) is 29.1 Å². The number of primary amides is 1. The van der Waals surface area contributed by atoms with Crippen LogP contribution < -0.4 is 38.9 Å². The maximum atomic E-state index is 13.4. The van der Waals surface area contributed by atoms with Crippen molar-refractivity contribution in [1.29, 1.82) is 0 Å².